The molecule has 0 radical (unpaired) electrons. The van der Waals surface area contributed by atoms with Gasteiger partial charge in [-0.15, -0.1) is 0 Å². The second-order valence-corrected chi connectivity index (χ2v) is 5.18. The highest BCUT2D eigenvalue weighted by Crippen LogP contribution is 2.22. The maximum atomic E-state index is 11.8. The van der Waals surface area contributed by atoms with Crippen molar-refractivity contribution in [2.45, 2.75) is 13.0 Å². The number of carbonyl (C=O) groups excluding carboxylic acids is 1. The summed E-state index contributed by atoms with van der Waals surface area (Å²) in [6.07, 6.45) is 0.245. The summed E-state index contributed by atoms with van der Waals surface area (Å²) in [4.78, 5) is 11.8. The molecule has 2 N–H and O–H groups in total. The van der Waals surface area contributed by atoms with Crippen LogP contribution in [0, 0.1) is 0 Å². The van der Waals surface area contributed by atoms with Crippen LogP contribution in [0.4, 0.5) is 0 Å². The molecule has 1 amide bonds. The minimum Gasteiger partial charge on any atom is -0.508 e. The Morgan fingerprint density at radius 3 is 2.30 bits per heavy atom. The van der Waals surface area contributed by atoms with Gasteiger partial charge in [-0.05, 0) is 35.4 Å². The highest BCUT2D eigenvalue weighted by Gasteiger charge is 2.05. The van der Waals surface area contributed by atoms with Crippen LogP contribution in [0.2, 0.25) is 10.0 Å². The maximum absolute atomic E-state index is 11.8. The molecule has 0 saturated carbocycles. The van der Waals surface area contributed by atoms with Crippen LogP contribution in [0.3, 0.4) is 0 Å². The lowest BCUT2D eigenvalue weighted by Crippen LogP contribution is -2.24. The van der Waals surface area contributed by atoms with Crippen LogP contribution >= 0.6 is 23.2 Å². The van der Waals surface area contributed by atoms with Crippen molar-refractivity contribution in [2.24, 2.45) is 0 Å². The molecule has 5 heteroatoms. The van der Waals surface area contributed by atoms with Gasteiger partial charge in [0.2, 0.25) is 5.91 Å². The number of amides is 1. The fourth-order valence-electron chi connectivity index (χ4n) is 1.71. The fraction of sp³-hybridized carbons (Fsp3) is 0.133. The van der Waals surface area contributed by atoms with Gasteiger partial charge in [0.15, 0.2) is 0 Å². The molecule has 2 aromatic rings. The summed E-state index contributed by atoms with van der Waals surface area (Å²) in [6.45, 7) is 0.417. The van der Waals surface area contributed by atoms with E-state index in [1.165, 1.54) is 0 Å². The normalized spacial score (nSPS) is 10.3. The molecule has 0 unspecified atom stereocenters. The molecule has 0 heterocycles. The van der Waals surface area contributed by atoms with E-state index in [1.54, 1.807) is 42.5 Å². The van der Waals surface area contributed by atoms with Crippen LogP contribution in [-0.4, -0.2) is 11.0 Å². The number of nitrogens with one attached hydrogen (secondary N) is 1. The first-order chi connectivity index (χ1) is 9.54. The predicted octanol–water partition coefficient (Wildman–Crippen LogP) is 3.56. The summed E-state index contributed by atoms with van der Waals surface area (Å²) in [6, 6.07) is 11.8. The van der Waals surface area contributed by atoms with Gasteiger partial charge in [-0.3, -0.25) is 4.79 Å². The van der Waals surface area contributed by atoms with Crippen molar-refractivity contribution in [3.05, 3.63) is 63.6 Å². The van der Waals surface area contributed by atoms with Gasteiger partial charge in [0.1, 0.15) is 5.75 Å². The third-order valence-corrected chi connectivity index (χ3v) is 3.51. The zero-order valence-electron chi connectivity index (χ0n) is 10.6. The van der Waals surface area contributed by atoms with Crippen LogP contribution in [0.5, 0.6) is 5.75 Å². The van der Waals surface area contributed by atoms with Gasteiger partial charge in [0, 0.05) is 6.54 Å². The zero-order chi connectivity index (χ0) is 14.5. The first kappa shape index (κ1) is 14.7. The summed E-state index contributed by atoms with van der Waals surface area (Å²) < 4.78 is 0. The largest absolute Gasteiger partial charge is 0.508 e. The van der Waals surface area contributed by atoms with Crippen molar-refractivity contribution >= 4 is 29.1 Å². The van der Waals surface area contributed by atoms with Crippen molar-refractivity contribution in [2.75, 3.05) is 0 Å². The van der Waals surface area contributed by atoms with Crippen molar-refractivity contribution in [3.8, 4) is 5.75 Å². The molecule has 0 bridgehead atoms. The summed E-state index contributed by atoms with van der Waals surface area (Å²) in [5.41, 5.74) is 1.73. The van der Waals surface area contributed by atoms with E-state index >= 15 is 0 Å². The molecule has 0 aromatic heterocycles. The Kier molecular flexibility index (Phi) is 4.88. The number of rotatable bonds is 4. The predicted molar refractivity (Wildman–Crippen MR) is 80.1 cm³/mol. The standard InChI is InChI=1S/C15H13Cl2NO2/c16-13-6-3-11(7-14(13)17)8-15(20)18-9-10-1-4-12(19)5-2-10/h1-7,19H,8-9H2,(H,18,20). The number of halogens is 2. The molecule has 0 aliphatic rings. The van der Waals surface area contributed by atoms with Gasteiger partial charge in [-0.1, -0.05) is 41.4 Å². The third kappa shape index (κ3) is 4.15. The monoisotopic (exact) mass is 309 g/mol. The average molecular weight is 310 g/mol. The van der Waals surface area contributed by atoms with E-state index in [9.17, 15) is 4.79 Å². The highest BCUT2D eigenvalue weighted by molar-refractivity contribution is 6.42. The Balaban J connectivity index is 1.89. The molecule has 3 nitrogen and oxygen atoms in total. The van der Waals surface area contributed by atoms with E-state index in [0.717, 1.165) is 11.1 Å². The number of phenolic OH excluding ortho intramolecular Hbond substituents is 1. The number of aromatic hydroxyl groups is 1. The molecule has 2 rings (SSSR count). The molecule has 0 atom stereocenters. The number of carbonyl (C=O) groups is 1. The second kappa shape index (κ2) is 6.64. The lowest BCUT2D eigenvalue weighted by atomic mass is 10.1. The molecular weight excluding hydrogens is 297 g/mol. The third-order valence-electron chi connectivity index (χ3n) is 2.77. The zero-order valence-corrected chi connectivity index (χ0v) is 12.1. The van der Waals surface area contributed by atoms with Gasteiger partial charge in [-0.2, -0.15) is 0 Å². The van der Waals surface area contributed by atoms with Gasteiger partial charge in [-0.25, -0.2) is 0 Å². The summed E-state index contributed by atoms with van der Waals surface area (Å²) in [5.74, 6) is 0.104. The maximum Gasteiger partial charge on any atom is 0.224 e. The summed E-state index contributed by atoms with van der Waals surface area (Å²) >= 11 is 11.7. The Morgan fingerprint density at radius 2 is 1.65 bits per heavy atom. The minimum absolute atomic E-state index is 0.100. The first-order valence-corrected chi connectivity index (χ1v) is 6.79. The number of benzene rings is 2. The number of hydrogen-bond donors (Lipinski definition) is 2. The Labute approximate surface area is 127 Å². The molecule has 104 valence electrons. The Morgan fingerprint density at radius 1 is 1.00 bits per heavy atom. The molecule has 0 aliphatic heterocycles. The minimum atomic E-state index is -0.100. The molecule has 0 spiro atoms. The van der Waals surface area contributed by atoms with E-state index in [2.05, 4.69) is 5.32 Å². The van der Waals surface area contributed by atoms with Crippen LogP contribution in [0.1, 0.15) is 11.1 Å². The molecular formula is C15H13Cl2NO2. The molecule has 0 fully saturated rings. The second-order valence-electron chi connectivity index (χ2n) is 4.37. The van der Waals surface area contributed by atoms with E-state index < -0.39 is 0 Å². The van der Waals surface area contributed by atoms with E-state index in [-0.39, 0.29) is 18.1 Å². The fourth-order valence-corrected chi connectivity index (χ4v) is 2.03. The van der Waals surface area contributed by atoms with Crippen LogP contribution < -0.4 is 5.32 Å². The van der Waals surface area contributed by atoms with Crippen molar-refractivity contribution in [3.63, 3.8) is 0 Å². The molecule has 2 aromatic carbocycles. The summed E-state index contributed by atoms with van der Waals surface area (Å²) in [7, 11) is 0. The number of hydrogen-bond acceptors (Lipinski definition) is 2. The topological polar surface area (TPSA) is 49.3 Å². The smallest absolute Gasteiger partial charge is 0.224 e. The van der Waals surface area contributed by atoms with Gasteiger partial charge in [0.25, 0.3) is 0 Å². The van der Waals surface area contributed by atoms with Crippen LogP contribution in [0.25, 0.3) is 0 Å². The van der Waals surface area contributed by atoms with E-state index in [4.69, 9.17) is 28.3 Å². The Hall–Kier alpha value is -1.71. The SMILES string of the molecule is O=C(Cc1ccc(Cl)c(Cl)c1)NCc1ccc(O)cc1. The quantitative estimate of drug-likeness (QED) is 0.907. The van der Waals surface area contributed by atoms with E-state index in [0.29, 0.717) is 16.6 Å². The Bertz CT molecular complexity index is 612. The first-order valence-electron chi connectivity index (χ1n) is 6.03. The van der Waals surface area contributed by atoms with Crippen molar-refractivity contribution < 1.29 is 9.90 Å². The van der Waals surface area contributed by atoms with E-state index in [1.807, 2.05) is 0 Å². The average Bonchev–Trinajstić information content (AvgIpc) is 2.42. The van der Waals surface area contributed by atoms with Crippen LogP contribution in [-0.2, 0) is 17.8 Å². The summed E-state index contributed by atoms with van der Waals surface area (Å²) in [5, 5.41) is 12.9. The molecule has 0 aliphatic carbocycles. The lowest BCUT2D eigenvalue weighted by Gasteiger charge is -2.06. The van der Waals surface area contributed by atoms with Gasteiger partial charge in [0.05, 0.1) is 16.5 Å². The van der Waals surface area contributed by atoms with Crippen molar-refractivity contribution in [1.29, 1.82) is 0 Å². The van der Waals surface area contributed by atoms with Gasteiger partial charge < -0.3 is 10.4 Å². The lowest BCUT2D eigenvalue weighted by molar-refractivity contribution is -0.120. The number of phenols is 1. The van der Waals surface area contributed by atoms with Crippen LogP contribution in [0.15, 0.2) is 42.5 Å². The highest BCUT2D eigenvalue weighted by atomic mass is 35.5. The molecule has 0 saturated heterocycles. The molecule has 20 heavy (non-hydrogen) atoms. The van der Waals surface area contributed by atoms with Gasteiger partial charge >= 0.3 is 0 Å². The van der Waals surface area contributed by atoms with Crippen molar-refractivity contribution in [1.82, 2.24) is 5.32 Å².